The molecule has 0 radical (unpaired) electrons. The van der Waals surface area contributed by atoms with Crippen molar-refractivity contribution in [3.63, 3.8) is 0 Å². The Bertz CT molecular complexity index is 322. The average molecular weight is 279 g/mol. The van der Waals surface area contributed by atoms with E-state index in [9.17, 15) is 0 Å². The lowest BCUT2D eigenvalue weighted by atomic mass is 9.76. The lowest BCUT2D eigenvalue weighted by Gasteiger charge is -2.34. The lowest BCUT2D eigenvalue weighted by Crippen LogP contribution is -2.36. The molecule has 0 rings (SSSR count). The Morgan fingerprint density at radius 3 is 1.90 bits per heavy atom. The maximum Gasteiger partial charge on any atom is 0.148 e. The van der Waals surface area contributed by atoms with Crippen LogP contribution in [0.15, 0.2) is 29.7 Å². The van der Waals surface area contributed by atoms with Gasteiger partial charge in [-0.25, -0.2) is 5.53 Å². The van der Waals surface area contributed by atoms with E-state index < -0.39 is 0 Å². The molecule has 0 aromatic rings. The molecule has 0 aliphatic carbocycles. The van der Waals surface area contributed by atoms with Crippen LogP contribution >= 0.6 is 0 Å². The molecular formula is C17H33N3. The summed E-state index contributed by atoms with van der Waals surface area (Å²) in [5.74, 6) is 0.601. The van der Waals surface area contributed by atoms with Crippen molar-refractivity contribution in [2.75, 3.05) is 0 Å². The van der Waals surface area contributed by atoms with Gasteiger partial charge in [-0.05, 0) is 29.7 Å². The molecule has 0 heterocycles. The number of hydrogen-bond acceptors (Lipinski definition) is 3. The zero-order valence-corrected chi connectivity index (χ0v) is 14.2. The van der Waals surface area contributed by atoms with Gasteiger partial charge in [0, 0.05) is 6.04 Å². The fraction of sp³-hybridized carbons (Fsp3) is 0.765. The summed E-state index contributed by atoms with van der Waals surface area (Å²) in [5.41, 5.74) is 7.84. The summed E-state index contributed by atoms with van der Waals surface area (Å²) >= 11 is 0. The minimum absolute atomic E-state index is 0.294. The minimum atomic E-state index is 0.294. The van der Waals surface area contributed by atoms with Crippen molar-refractivity contribution in [3.05, 3.63) is 24.6 Å². The number of nitrogens with zero attached hydrogens (tertiary/aromatic N) is 1. The van der Waals surface area contributed by atoms with Crippen molar-refractivity contribution in [2.24, 2.45) is 15.9 Å². The second kappa shape index (κ2) is 8.23. The van der Waals surface area contributed by atoms with Gasteiger partial charge in [-0.1, -0.05) is 67.0 Å². The Hall–Kier alpha value is -1.12. The quantitative estimate of drug-likeness (QED) is 0.393. The first-order chi connectivity index (χ1) is 9.19. The SMILES string of the molecule is C=C/C=C(\N=N)NC(CC(C)(C)CC)CC(C)(C)CC. The lowest BCUT2D eigenvalue weighted by molar-refractivity contribution is 0.212. The fourth-order valence-electron chi connectivity index (χ4n) is 2.24. The van der Waals surface area contributed by atoms with Crippen LogP contribution < -0.4 is 5.32 Å². The molecule has 0 aliphatic heterocycles. The number of hydrogen-bond donors (Lipinski definition) is 2. The highest BCUT2D eigenvalue weighted by Crippen LogP contribution is 2.33. The van der Waals surface area contributed by atoms with Gasteiger partial charge in [0.1, 0.15) is 5.82 Å². The third-order valence-corrected chi connectivity index (χ3v) is 4.26. The first-order valence-corrected chi connectivity index (χ1v) is 7.66. The second-order valence-electron chi connectivity index (χ2n) is 7.18. The van der Waals surface area contributed by atoms with Crippen molar-refractivity contribution in [2.45, 2.75) is 73.3 Å². The molecule has 0 aromatic heterocycles. The molecule has 0 aromatic carbocycles. The molecule has 0 atom stereocenters. The van der Waals surface area contributed by atoms with E-state index in [1.807, 2.05) is 0 Å². The van der Waals surface area contributed by atoms with Gasteiger partial charge in [0.15, 0.2) is 0 Å². The molecule has 116 valence electrons. The first kappa shape index (κ1) is 18.9. The van der Waals surface area contributed by atoms with E-state index in [0.717, 1.165) is 25.7 Å². The van der Waals surface area contributed by atoms with E-state index in [0.29, 0.717) is 22.7 Å². The molecule has 0 aliphatic rings. The maximum absolute atomic E-state index is 7.25. The topological polar surface area (TPSA) is 48.2 Å². The van der Waals surface area contributed by atoms with E-state index in [1.54, 1.807) is 12.2 Å². The van der Waals surface area contributed by atoms with E-state index in [4.69, 9.17) is 5.53 Å². The number of allylic oxidation sites excluding steroid dienone is 2. The van der Waals surface area contributed by atoms with Crippen LogP contribution in [0, 0.1) is 16.4 Å². The number of nitrogens with one attached hydrogen (secondary N) is 2. The zero-order valence-electron chi connectivity index (χ0n) is 14.2. The third kappa shape index (κ3) is 7.46. The maximum atomic E-state index is 7.25. The first-order valence-electron chi connectivity index (χ1n) is 7.66. The van der Waals surface area contributed by atoms with Crippen molar-refractivity contribution >= 4 is 0 Å². The molecule has 0 amide bonds. The molecule has 3 nitrogen and oxygen atoms in total. The highest BCUT2D eigenvalue weighted by Gasteiger charge is 2.27. The number of rotatable bonds is 10. The third-order valence-electron chi connectivity index (χ3n) is 4.26. The van der Waals surface area contributed by atoms with E-state index in [1.165, 1.54) is 0 Å². The van der Waals surface area contributed by atoms with Crippen LogP contribution in [0.3, 0.4) is 0 Å². The van der Waals surface area contributed by atoms with Crippen molar-refractivity contribution in [1.29, 1.82) is 5.53 Å². The zero-order chi connectivity index (χ0) is 15.8. The van der Waals surface area contributed by atoms with Gasteiger partial charge >= 0.3 is 0 Å². The standard InChI is InChI=1S/C17H33N3/c1-8-11-15(20-18)19-14(12-16(4,5)9-2)13-17(6,7)10-3/h8,11,14,18-19H,1,9-10,12-13H2,2-7H3/b15-11-,20-18?. The normalized spacial score (nSPS) is 13.4. The Balaban J connectivity index is 5.01. The van der Waals surface area contributed by atoms with Crippen LogP contribution in [0.4, 0.5) is 0 Å². The minimum Gasteiger partial charge on any atom is -0.366 e. The highest BCUT2D eigenvalue weighted by molar-refractivity contribution is 5.07. The molecule has 0 saturated carbocycles. The summed E-state index contributed by atoms with van der Waals surface area (Å²) in [7, 11) is 0. The van der Waals surface area contributed by atoms with Gasteiger partial charge in [-0.3, -0.25) is 0 Å². The molecule has 0 saturated heterocycles. The summed E-state index contributed by atoms with van der Waals surface area (Å²) in [6, 6.07) is 0.334. The molecule has 0 spiro atoms. The molecule has 2 N–H and O–H groups in total. The Morgan fingerprint density at radius 1 is 1.15 bits per heavy atom. The summed E-state index contributed by atoms with van der Waals surface area (Å²) in [5, 5.41) is 6.98. The summed E-state index contributed by atoms with van der Waals surface area (Å²) in [6.45, 7) is 17.3. The van der Waals surface area contributed by atoms with Crippen LogP contribution in [-0.2, 0) is 0 Å². The van der Waals surface area contributed by atoms with E-state index in [-0.39, 0.29) is 0 Å². The molecular weight excluding hydrogens is 246 g/mol. The average Bonchev–Trinajstić information content (AvgIpc) is 2.37. The molecule has 3 heteroatoms. The van der Waals surface area contributed by atoms with Crippen LogP contribution in [0.2, 0.25) is 0 Å². The van der Waals surface area contributed by atoms with Crippen LogP contribution in [0.5, 0.6) is 0 Å². The van der Waals surface area contributed by atoms with Crippen molar-refractivity contribution < 1.29 is 0 Å². The summed E-state index contributed by atoms with van der Waals surface area (Å²) in [6.07, 6.45) is 7.89. The van der Waals surface area contributed by atoms with Gasteiger partial charge < -0.3 is 5.32 Å². The van der Waals surface area contributed by atoms with Gasteiger partial charge in [-0.15, -0.1) is 5.11 Å². The summed E-state index contributed by atoms with van der Waals surface area (Å²) in [4.78, 5) is 0. The Kier molecular flexibility index (Phi) is 7.77. The van der Waals surface area contributed by atoms with Gasteiger partial charge in [0.25, 0.3) is 0 Å². The Morgan fingerprint density at radius 2 is 1.60 bits per heavy atom. The fourth-order valence-corrected chi connectivity index (χ4v) is 2.24. The Labute approximate surface area is 125 Å². The largest absolute Gasteiger partial charge is 0.366 e. The molecule has 0 unspecified atom stereocenters. The highest BCUT2D eigenvalue weighted by atomic mass is 15.1. The molecule has 0 bridgehead atoms. The van der Waals surface area contributed by atoms with Gasteiger partial charge in [0.05, 0.1) is 0 Å². The smallest absolute Gasteiger partial charge is 0.148 e. The summed E-state index contributed by atoms with van der Waals surface area (Å²) < 4.78 is 0. The molecule has 0 fully saturated rings. The molecule has 20 heavy (non-hydrogen) atoms. The van der Waals surface area contributed by atoms with Crippen LogP contribution in [-0.4, -0.2) is 6.04 Å². The van der Waals surface area contributed by atoms with Gasteiger partial charge in [-0.2, -0.15) is 0 Å². The predicted molar refractivity (Wildman–Crippen MR) is 87.7 cm³/mol. The van der Waals surface area contributed by atoms with Crippen molar-refractivity contribution in [3.8, 4) is 0 Å². The van der Waals surface area contributed by atoms with Crippen LogP contribution in [0.1, 0.15) is 67.2 Å². The van der Waals surface area contributed by atoms with Crippen LogP contribution in [0.25, 0.3) is 0 Å². The van der Waals surface area contributed by atoms with E-state index >= 15 is 0 Å². The monoisotopic (exact) mass is 279 g/mol. The predicted octanol–water partition coefficient (Wildman–Crippen LogP) is 5.66. The van der Waals surface area contributed by atoms with E-state index in [2.05, 4.69) is 58.6 Å². The van der Waals surface area contributed by atoms with Gasteiger partial charge in [0.2, 0.25) is 0 Å². The second-order valence-corrected chi connectivity index (χ2v) is 7.18. The van der Waals surface area contributed by atoms with Crippen molar-refractivity contribution in [1.82, 2.24) is 5.32 Å².